The van der Waals surface area contributed by atoms with Gasteiger partial charge in [0, 0.05) is 12.2 Å². The molecule has 2 unspecified atom stereocenters. The molecule has 0 saturated heterocycles. The van der Waals surface area contributed by atoms with Gasteiger partial charge in [0.2, 0.25) is 0 Å². The van der Waals surface area contributed by atoms with Gasteiger partial charge in [0.25, 0.3) is 0 Å². The van der Waals surface area contributed by atoms with Crippen molar-refractivity contribution in [3.05, 3.63) is 24.0 Å². The zero-order valence-electron chi connectivity index (χ0n) is 10.9. The Hall–Kier alpha value is -1.09. The van der Waals surface area contributed by atoms with E-state index in [0.29, 0.717) is 11.3 Å². The Morgan fingerprint density at radius 2 is 2.24 bits per heavy atom. The Morgan fingerprint density at radius 3 is 2.82 bits per heavy atom. The highest BCUT2D eigenvalue weighted by molar-refractivity contribution is 5.28. The summed E-state index contributed by atoms with van der Waals surface area (Å²) in [5.74, 6) is 1.41. The second kappa shape index (κ2) is 4.65. The highest BCUT2D eigenvalue weighted by Gasteiger charge is 2.49. The molecule has 0 radical (unpaired) electrons. The fraction of sp³-hybridized carbons (Fsp3) is 0.643. The predicted octanol–water partition coefficient (Wildman–Crippen LogP) is 2.92. The summed E-state index contributed by atoms with van der Waals surface area (Å²) in [4.78, 5) is 4.21. The number of hydrogen-bond donors (Lipinski definition) is 1. The molecule has 2 N–H and O–H groups in total. The van der Waals surface area contributed by atoms with Crippen molar-refractivity contribution < 1.29 is 4.74 Å². The molecular formula is C14H22N2O. The summed E-state index contributed by atoms with van der Waals surface area (Å²) in [5.41, 5.74) is 7.76. The predicted molar refractivity (Wildman–Crippen MR) is 68.8 cm³/mol. The van der Waals surface area contributed by atoms with Gasteiger partial charge in [-0.15, -0.1) is 0 Å². The molecule has 0 amide bonds. The molecular weight excluding hydrogens is 212 g/mol. The van der Waals surface area contributed by atoms with Gasteiger partial charge >= 0.3 is 0 Å². The van der Waals surface area contributed by atoms with Crippen LogP contribution in [0.3, 0.4) is 0 Å². The molecule has 94 valence electrons. The smallest absolute Gasteiger partial charge is 0.137 e. The number of rotatable bonds is 5. The second-order valence-corrected chi connectivity index (χ2v) is 5.63. The lowest BCUT2D eigenvalue weighted by molar-refractivity contribution is 0.315. The van der Waals surface area contributed by atoms with E-state index < -0.39 is 0 Å². The molecule has 1 heterocycles. The van der Waals surface area contributed by atoms with E-state index in [1.54, 1.807) is 6.20 Å². The molecule has 1 aliphatic rings. The number of pyridine rings is 1. The second-order valence-electron chi connectivity index (χ2n) is 5.63. The van der Waals surface area contributed by atoms with Gasteiger partial charge in [-0.2, -0.15) is 0 Å². The van der Waals surface area contributed by atoms with Crippen molar-refractivity contribution >= 4 is 0 Å². The van der Waals surface area contributed by atoms with Gasteiger partial charge in [-0.1, -0.05) is 20.8 Å². The zero-order valence-corrected chi connectivity index (χ0v) is 10.9. The van der Waals surface area contributed by atoms with E-state index in [-0.39, 0.29) is 6.04 Å². The molecule has 1 fully saturated rings. The van der Waals surface area contributed by atoms with Gasteiger partial charge in [0.1, 0.15) is 5.75 Å². The standard InChI is InChI=1S/C14H22N2O/c1-4-5-17-11-6-10(8-16-9-11)13(15)12-7-14(12,2)3/h6,8-9,12-13H,4-5,7,15H2,1-3H3. The first-order valence-corrected chi connectivity index (χ1v) is 6.38. The van der Waals surface area contributed by atoms with Crippen molar-refractivity contribution in [2.45, 2.75) is 39.7 Å². The van der Waals surface area contributed by atoms with Gasteiger partial charge in [0.05, 0.1) is 12.8 Å². The largest absolute Gasteiger partial charge is 0.492 e. The summed E-state index contributed by atoms with van der Waals surface area (Å²) >= 11 is 0. The Kier molecular flexibility index (Phi) is 3.38. The Balaban J connectivity index is 2.05. The highest BCUT2D eigenvalue weighted by Crippen LogP contribution is 2.56. The van der Waals surface area contributed by atoms with E-state index in [2.05, 4.69) is 25.8 Å². The van der Waals surface area contributed by atoms with Gasteiger partial charge in [0.15, 0.2) is 0 Å². The zero-order chi connectivity index (χ0) is 12.5. The van der Waals surface area contributed by atoms with Crippen molar-refractivity contribution in [2.24, 2.45) is 17.1 Å². The van der Waals surface area contributed by atoms with Crippen LogP contribution in [0, 0.1) is 11.3 Å². The van der Waals surface area contributed by atoms with Crippen LogP contribution < -0.4 is 10.5 Å². The maximum absolute atomic E-state index is 6.28. The Labute approximate surface area is 103 Å². The first kappa shape index (κ1) is 12.4. The maximum Gasteiger partial charge on any atom is 0.137 e. The number of aromatic nitrogens is 1. The molecule has 3 heteroatoms. The van der Waals surface area contributed by atoms with Crippen LogP contribution in [0.2, 0.25) is 0 Å². The minimum atomic E-state index is 0.0858. The monoisotopic (exact) mass is 234 g/mol. The van der Waals surface area contributed by atoms with Crippen LogP contribution in [0.15, 0.2) is 18.5 Å². The van der Waals surface area contributed by atoms with Crippen LogP contribution in [-0.4, -0.2) is 11.6 Å². The molecule has 1 aliphatic carbocycles. The maximum atomic E-state index is 6.28. The lowest BCUT2D eigenvalue weighted by Gasteiger charge is -2.14. The minimum absolute atomic E-state index is 0.0858. The Morgan fingerprint density at radius 1 is 1.53 bits per heavy atom. The van der Waals surface area contributed by atoms with Crippen LogP contribution in [0.25, 0.3) is 0 Å². The van der Waals surface area contributed by atoms with E-state index in [0.717, 1.165) is 24.3 Å². The fourth-order valence-electron chi connectivity index (χ4n) is 2.27. The molecule has 2 rings (SSSR count). The van der Waals surface area contributed by atoms with Crippen LogP contribution in [0.4, 0.5) is 0 Å². The van der Waals surface area contributed by atoms with Gasteiger partial charge in [-0.05, 0) is 35.8 Å². The van der Waals surface area contributed by atoms with Gasteiger partial charge in [-0.25, -0.2) is 0 Å². The first-order valence-electron chi connectivity index (χ1n) is 6.38. The van der Waals surface area contributed by atoms with Gasteiger partial charge in [-0.3, -0.25) is 4.98 Å². The van der Waals surface area contributed by atoms with E-state index in [4.69, 9.17) is 10.5 Å². The number of ether oxygens (including phenoxy) is 1. The summed E-state index contributed by atoms with van der Waals surface area (Å²) in [6.45, 7) is 7.36. The van der Waals surface area contributed by atoms with Crippen molar-refractivity contribution in [2.75, 3.05) is 6.61 Å². The normalized spacial score (nSPS) is 23.2. The summed E-state index contributed by atoms with van der Waals surface area (Å²) in [5, 5.41) is 0. The first-order chi connectivity index (χ1) is 8.04. The third-order valence-electron chi connectivity index (χ3n) is 3.62. The average Bonchev–Trinajstić information content (AvgIpc) is 2.95. The van der Waals surface area contributed by atoms with Gasteiger partial charge < -0.3 is 10.5 Å². The lowest BCUT2D eigenvalue weighted by atomic mass is 9.99. The summed E-state index contributed by atoms with van der Waals surface area (Å²) in [6, 6.07) is 2.12. The third kappa shape index (κ3) is 2.78. The molecule has 2 atom stereocenters. The minimum Gasteiger partial charge on any atom is -0.492 e. The lowest BCUT2D eigenvalue weighted by Crippen LogP contribution is -2.15. The molecule has 1 aromatic heterocycles. The Bertz CT molecular complexity index is 390. The van der Waals surface area contributed by atoms with E-state index in [9.17, 15) is 0 Å². The van der Waals surface area contributed by atoms with Crippen molar-refractivity contribution in [3.8, 4) is 5.75 Å². The number of hydrogen-bond acceptors (Lipinski definition) is 3. The summed E-state index contributed by atoms with van der Waals surface area (Å²) < 4.78 is 5.58. The quantitative estimate of drug-likeness (QED) is 0.852. The van der Waals surface area contributed by atoms with Crippen molar-refractivity contribution in [1.29, 1.82) is 0 Å². The van der Waals surface area contributed by atoms with Crippen LogP contribution in [0.5, 0.6) is 5.75 Å². The van der Waals surface area contributed by atoms with Crippen molar-refractivity contribution in [1.82, 2.24) is 4.98 Å². The summed E-state index contributed by atoms with van der Waals surface area (Å²) in [7, 11) is 0. The summed E-state index contributed by atoms with van der Waals surface area (Å²) in [6.07, 6.45) is 5.82. The number of nitrogens with zero attached hydrogens (tertiary/aromatic N) is 1. The molecule has 17 heavy (non-hydrogen) atoms. The average molecular weight is 234 g/mol. The van der Waals surface area contributed by atoms with E-state index in [1.165, 1.54) is 6.42 Å². The van der Waals surface area contributed by atoms with Crippen molar-refractivity contribution in [3.63, 3.8) is 0 Å². The van der Waals surface area contributed by atoms with Crippen LogP contribution >= 0.6 is 0 Å². The molecule has 0 bridgehead atoms. The van der Waals surface area contributed by atoms with Crippen LogP contribution in [-0.2, 0) is 0 Å². The number of nitrogens with two attached hydrogens (primary N) is 1. The SMILES string of the molecule is CCCOc1cncc(C(N)C2CC2(C)C)c1. The molecule has 0 aromatic carbocycles. The topological polar surface area (TPSA) is 48.1 Å². The molecule has 0 spiro atoms. The third-order valence-corrected chi connectivity index (χ3v) is 3.62. The fourth-order valence-corrected chi connectivity index (χ4v) is 2.27. The molecule has 3 nitrogen and oxygen atoms in total. The van der Waals surface area contributed by atoms with E-state index >= 15 is 0 Å². The molecule has 1 aromatic rings. The van der Waals surface area contributed by atoms with E-state index in [1.807, 2.05) is 12.3 Å². The molecule has 1 saturated carbocycles. The highest BCUT2D eigenvalue weighted by atomic mass is 16.5. The molecule has 0 aliphatic heterocycles. The van der Waals surface area contributed by atoms with Crippen LogP contribution in [0.1, 0.15) is 45.2 Å².